The molecule has 0 heterocycles. The molecule has 0 aromatic heterocycles. The minimum Gasteiger partial charge on any atom is -0.462 e. The number of carbonyl (C=O) groups is 3. The van der Waals surface area contributed by atoms with Gasteiger partial charge in [0.1, 0.15) is 13.2 Å². The maximum atomic E-state index is 12.7. The average molecular weight is 849 g/mol. The zero-order valence-corrected chi connectivity index (χ0v) is 40.8. The minimum atomic E-state index is -0.759. The topological polar surface area (TPSA) is 78.9 Å². The lowest BCUT2D eigenvalue weighted by Gasteiger charge is -2.18. The first-order chi connectivity index (χ1) is 29.5. The molecule has 0 radical (unpaired) electrons. The molecule has 0 aliphatic heterocycles. The van der Waals surface area contributed by atoms with Crippen molar-refractivity contribution in [1.82, 2.24) is 0 Å². The summed E-state index contributed by atoms with van der Waals surface area (Å²) in [6, 6.07) is 0. The van der Waals surface area contributed by atoms with Crippen LogP contribution in [0.2, 0.25) is 0 Å². The summed E-state index contributed by atoms with van der Waals surface area (Å²) in [7, 11) is 0. The first-order valence-corrected chi connectivity index (χ1v) is 27.0. The van der Waals surface area contributed by atoms with Crippen molar-refractivity contribution >= 4 is 17.9 Å². The average Bonchev–Trinajstić information content (AvgIpc) is 3.24. The van der Waals surface area contributed by atoms with E-state index in [1.807, 2.05) is 0 Å². The van der Waals surface area contributed by atoms with Gasteiger partial charge in [0.2, 0.25) is 0 Å². The Hall–Kier alpha value is -1.59. The second-order valence-corrected chi connectivity index (χ2v) is 18.5. The molecule has 0 rings (SSSR count). The van der Waals surface area contributed by atoms with Crippen molar-refractivity contribution in [1.29, 1.82) is 0 Å². The first kappa shape index (κ1) is 58.4. The van der Waals surface area contributed by atoms with Gasteiger partial charge in [0.15, 0.2) is 6.10 Å². The zero-order chi connectivity index (χ0) is 43.7. The van der Waals surface area contributed by atoms with Crippen molar-refractivity contribution < 1.29 is 28.6 Å². The molecule has 0 amide bonds. The third-order valence-electron chi connectivity index (χ3n) is 12.4. The van der Waals surface area contributed by atoms with Gasteiger partial charge in [-0.2, -0.15) is 0 Å². The Labute approximate surface area is 374 Å². The fourth-order valence-corrected chi connectivity index (χ4v) is 8.27. The Bertz CT molecular complexity index is 889. The number of ether oxygens (including phenoxy) is 3. The fraction of sp³-hybridized carbons (Fsp3) is 0.944. The SMILES string of the molecule is CCCCCCCCCCCCCCCCCCCCCCCCC(=O)OCC(COC(=O)CCCCCCCCCCCC)OC(=O)CCCCCCCCCCCC. The van der Waals surface area contributed by atoms with E-state index in [1.54, 1.807) is 0 Å². The van der Waals surface area contributed by atoms with Gasteiger partial charge < -0.3 is 14.2 Å². The van der Waals surface area contributed by atoms with E-state index in [0.29, 0.717) is 19.3 Å². The van der Waals surface area contributed by atoms with Crippen molar-refractivity contribution in [3.05, 3.63) is 0 Å². The molecule has 0 saturated carbocycles. The summed E-state index contributed by atoms with van der Waals surface area (Å²) < 4.78 is 16.8. The van der Waals surface area contributed by atoms with Crippen LogP contribution in [0.1, 0.15) is 310 Å². The predicted molar refractivity (Wildman–Crippen MR) is 257 cm³/mol. The van der Waals surface area contributed by atoms with Gasteiger partial charge >= 0.3 is 17.9 Å². The van der Waals surface area contributed by atoms with Crippen molar-refractivity contribution in [2.24, 2.45) is 0 Å². The number of carbonyl (C=O) groups excluding carboxylic acids is 3. The lowest BCUT2D eigenvalue weighted by Crippen LogP contribution is -2.30. The summed E-state index contributed by atoms with van der Waals surface area (Å²) in [6.45, 7) is 6.66. The van der Waals surface area contributed by atoms with Crippen molar-refractivity contribution in [3.8, 4) is 0 Å². The largest absolute Gasteiger partial charge is 0.462 e. The highest BCUT2D eigenvalue weighted by atomic mass is 16.6. The summed E-state index contributed by atoms with van der Waals surface area (Å²) in [5, 5.41) is 0. The second-order valence-electron chi connectivity index (χ2n) is 18.5. The van der Waals surface area contributed by atoms with Gasteiger partial charge in [-0.15, -0.1) is 0 Å². The maximum Gasteiger partial charge on any atom is 0.306 e. The highest BCUT2D eigenvalue weighted by Gasteiger charge is 2.19. The van der Waals surface area contributed by atoms with E-state index in [2.05, 4.69) is 20.8 Å². The molecule has 356 valence electrons. The van der Waals surface area contributed by atoms with E-state index in [4.69, 9.17) is 14.2 Å². The van der Waals surface area contributed by atoms with Crippen LogP contribution in [-0.4, -0.2) is 37.2 Å². The zero-order valence-electron chi connectivity index (χ0n) is 40.8. The van der Waals surface area contributed by atoms with E-state index < -0.39 is 6.10 Å². The van der Waals surface area contributed by atoms with Gasteiger partial charge in [-0.3, -0.25) is 14.4 Å². The van der Waals surface area contributed by atoms with Crippen molar-refractivity contribution in [2.45, 2.75) is 316 Å². The molecule has 0 bridgehead atoms. The second kappa shape index (κ2) is 50.1. The molecule has 60 heavy (non-hydrogen) atoms. The van der Waals surface area contributed by atoms with Gasteiger partial charge in [-0.05, 0) is 19.3 Å². The Kier molecular flexibility index (Phi) is 48.7. The van der Waals surface area contributed by atoms with Crippen molar-refractivity contribution in [3.63, 3.8) is 0 Å². The molecule has 1 atom stereocenters. The molecule has 6 heteroatoms. The molecule has 0 fully saturated rings. The molecule has 0 spiro atoms. The minimum absolute atomic E-state index is 0.0621. The third-order valence-corrected chi connectivity index (χ3v) is 12.4. The van der Waals surface area contributed by atoms with Crippen LogP contribution in [0, 0.1) is 0 Å². The monoisotopic (exact) mass is 849 g/mol. The van der Waals surface area contributed by atoms with Crippen LogP contribution in [-0.2, 0) is 28.6 Å². The Balaban J connectivity index is 4.12. The van der Waals surface area contributed by atoms with Crippen LogP contribution in [0.25, 0.3) is 0 Å². The molecule has 1 unspecified atom stereocenters. The third kappa shape index (κ3) is 47.5. The van der Waals surface area contributed by atoms with E-state index in [1.165, 1.54) is 212 Å². The van der Waals surface area contributed by atoms with E-state index in [0.717, 1.165) is 57.8 Å². The van der Waals surface area contributed by atoms with Gasteiger partial charge in [-0.25, -0.2) is 0 Å². The molecule has 0 saturated heterocycles. The molecule has 0 aromatic rings. The molecule has 0 N–H and O–H groups in total. The summed E-state index contributed by atoms with van der Waals surface area (Å²) in [5.41, 5.74) is 0. The highest BCUT2D eigenvalue weighted by molar-refractivity contribution is 5.71. The lowest BCUT2D eigenvalue weighted by molar-refractivity contribution is -0.167. The van der Waals surface area contributed by atoms with Crippen LogP contribution >= 0.6 is 0 Å². The predicted octanol–water partition coefficient (Wildman–Crippen LogP) is 17.6. The number of rotatable bonds is 50. The standard InChI is InChI=1S/C54H104O6/c1-4-7-10-13-16-19-22-23-24-25-26-27-28-29-30-31-32-33-36-38-41-44-47-53(56)59-50-51(60-54(57)48-45-42-39-35-21-18-15-12-9-6-3)49-58-52(55)46-43-40-37-34-20-17-14-11-8-5-2/h51H,4-50H2,1-3H3. The van der Waals surface area contributed by atoms with Crippen LogP contribution in [0.4, 0.5) is 0 Å². The van der Waals surface area contributed by atoms with E-state index in [-0.39, 0.29) is 31.1 Å². The van der Waals surface area contributed by atoms with Gasteiger partial charge in [0.25, 0.3) is 0 Å². The van der Waals surface area contributed by atoms with Crippen LogP contribution in [0.15, 0.2) is 0 Å². The van der Waals surface area contributed by atoms with Crippen LogP contribution in [0.5, 0.6) is 0 Å². The summed E-state index contributed by atoms with van der Waals surface area (Å²) in [5.74, 6) is -0.844. The molecule has 0 aliphatic carbocycles. The number of unbranched alkanes of at least 4 members (excludes halogenated alkanes) is 39. The van der Waals surface area contributed by atoms with Crippen LogP contribution in [0.3, 0.4) is 0 Å². The number of hydrogen-bond donors (Lipinski definition) is 0. The highest BCUT2D eigenvalue weighted by Crippen LogP contribution is 2.17. The number of hydrogen-bond acceptors (Lipinski definition) is 6. The molecule has 0 aliphatic rings. The van der Waals surface area contributed by atoms with Crippen molar-refractivity contribution in [2.75, 3.05) is 13.2 Å². The first-order valence-electron chi connectivity index (χ1n) is 27.0. The fourth-order valence-electron chi connectivity index (χ4n) is 8.27. The smallest absolute Gasteiger partial charge is 0.306 e. The number of esters is 3. The van der Waals surface area contributed by atoms with Crippen LogP contribution < -0.4 is 0 Å². The van der Waals surface area contributed by atoms with Gasteiger partial charge in [-0.1, -0.05) is 271 Å². The van der Waals surface area contributed by atoms with Gasteiger partial charge in [0.05, 0.1) is 0 Å². The van der Waals surface area contributed by atoms with E-state index in [9.17, 15) is 14.4 Å². The molecular formula is C54H104O6. The Morgan fingerprint density at radius 1 is 0.267 bits per heavy atom. The van der Waals surface area contributed by atoms with Gasteiger partial charge in [0, 0.05) is 19.3 Å². The molecule has 0 aromatic carbocycles. The summed E-state index contributed by atoms with van der Waals surface area (Å²) >= 11 is 0. The normalized spacial score (nSPS) is 11.8. The Morgan fingerprint density at radius 3 is 0.667 bits per heavy atom. The summed E-state index contributed by atoms with van der Waals surface area (Å²) in [4.78, 5) is 37.8. The molecule has 6 nitrogen and oxygen atoms in total. The lowest BCUT2D eigenvalue weighted by atomic mass is 10.0. The molecular weight excluding hydrogens is 745 g/mol. The summed E-state index contributed by atoms with van der Waals surface area (Å²) in [6.07, 6.45) is 53.9. The van der Waals surface area contributed by atoms with E-state index >= 15 is 0 Å². The maximum absolute atomic E-state index is 12.7. The Morgan fingerprint density at radius 2 is 0.450 bits per heavy atom. The quantitative estimate of drug-likeness (QED) is 0.0345.